The van der Waals surface area contributed by atoms with Gasteiger partial charge in [-0.25, -0.2) is 0 Å². The average molecular weight is 411 g/mol. The smallest absolute Gasteiger partial charge is 0.190 e. The molecule has 0 aromatic heterocycles. The van der Waals surface area contributed by atoms with Crippen molar-refractivity contribution in [3.63, 3.8) is 0 Å². The summed E-state index contributed by atoms with van der Waals surface area (Å²) in [6.07, 6.45) is 4.45. The summed E-state index contributed by atoms with van der Waals surface area (Å²) in [6.45, 7) is 5.26. The Morgan fingerprint density at radius 3 is 2.54 bits per heavy atom. The molecule has 4 aliphatic carbocycles. The van der Waals surface area contributed by atoms with E-state index < -0.39 is 39.8 Å². The number of Topliss-reactive ketones (excluding diaryl/α,β-unsaturated/α-hetero) is 2. The van der Waals surface area contributed by atoms with Gasteiger partial charge in [0, 0.05) is 16.7 Å². The van der Waals surface area contributed by atoms with Crippen LogP contribution in [0.15, 0.2) is 11.6 Å². The van der Waals surface area contributed by atoms with E-state index in [-0.39, 0.29) is 23.5 Å². The first-order valence-corrected chi connectivity index (χ1v) is 10.8. The Labute approximate surface area is 171 Å². The molecule has 0 saturated heterocycles. The summed E-state index contributed by atoms with van der Waals surface area (Å²) < 4.78 is 0. The molecule has 3 saturated carbocycles. The van der Waals surface area contributed by atoms with Crippen molar-refractivity contribution in [3.05, 3.63) is 11.6 Å². The number of allylic oxidation sites excluding steroid dienone is 1. The van der Waals surface area contributed by atoms with E-state index in [0.717, 1.165) is 18.4 Å². The molecule has 0 aliphatic heterocycles. The summed E-state index contributed by atoms with van der Waals surface area (Å²) in [6, 6.07) is 0. The molecule has 6 heteroatoms. The molecule has 0 aromatic rings. The van der Waals surface area contributed by atoms with Gasteiger partial charge in [0.2, 0.25) is 0 Å². The van der Waals surface area contributed by atoms with Crippen LogP contribution in [-0.2, 0) is 9.59 Å². The lowest BCUT2D eigenvalue weighted by molar-refractivity contribution is -0.164. The van der Waals surface area contributed by atoms with E-state index in [4.69, 9.17) is 11.6 Å². The van der Waals surface area contributed by atoms with E-state index in [1.54, 1.807) is 6.08 Å². The second-order valence-corrected chi connectivity index (χ2v) is 10.6. The van der Waals surface area contributed by atoms with Gasteiger partial charge in [-0.05, 0) is 56.4 Å². The van der Waals surface area contributed by atoms with Gasteiger partial charge in [0.1, 0.15) is 18.3 Å². The van der Waals surface area contributed by atoms with E-state index >= 15 is 0 Å². The van der Waals surface area contributed by atoms with Crippen LogP contribution in [-0.4, -0.2) is 50.1 Å². The van der Waals surface area contributed by atoms with E-state index in [9.17, 15) is 24.9 Å². The van der Waals surface area contributed by atoms with Gasteiger partial charge in [-0.1, -0.05) is 26.3 Å². The summed E-state index contributed by atoms with van der Waals surface area (Å²) in [5.74, 6) is -0.926. The van der Waals surface area contributed by atoms with Crippen LogP contribution in [0.3, 0.4) is 0 Å². The van der Waals surface area contributed by atoms with Gasteiger partial charge in [-0.3, -0.25) is 9.59 Å². The molecule has 8 atom stereocenters. The highest BCUT2D eigenvalue weighted by atomic mass is 35.5. The number of rotatable bonds is 2. The fraction of sp³-hybridized carbons (Fsp3) is 0.818. The monoisotopic (exact) mass is 410 g/mol. The topological polar surface area (TPSA) is 94.8 Å². The highest BCUT2D eigenvalue weighted by Gasteiger charge is 2.71. The zero-order valence-electron chi connectivity index (χ0n) is 16.9. The molecule has 0 amide bonds. The van der Waals surface area contributed by atoms with Crippen molar-refractivity contribution in [1.82, 2.24) is 0 Å². The molecule has 0 aromatic carbocycles. The van der Waals surface area contributed by atoms with Crippen molar-refractivity contribution in [1.29, 1.82) is 0 Å². The van der Waals surface area contributed by atoms with E-state index in [2.05, 4.69) is 6.92 Å². The van der Waals surface area contributed by atoms with Gasteiger partial charge in [-0.2, -0.15) is 0 Å². The minimum absolute atomic E-state index is 0.0618. The van der Waals surface area contributed by atoms with Crippen molar-refractivity contribution in [2.45, 2.75) is 75.9 Å². The van der Waals surface area contributed by atoms with E-state index in [0.29, 0.717) is 25.7 Å². The van der Waals surface area contributed by atoms with Crippen LogP contribution >= 0.6 is 11.6 Å². The van der Waals surface area contributed by atoms with Crippen LogP contribution in [0, 0.1) is 28.6 Å². The third-order valence-electron chi connectivity index (χ3n) is 9.47. The Morgan fingerprint density at radius 2 is 1.89 bits per heavy atom. The number of hydrogen-bond acceptors (Lipinski definition) is 5. The highest BCUT2D eigenvalue weighted by Crippen LogP contribution is 2.71. The number of hydrogen-bond donors (Lipinski definition) is 3. The van der Waals surface area contributed by atoms with Crippen molar-refractivity contribution in [2.75, 3.05) is 6.61 Å². The lowest BCUT2D eigenvalue weighted by Crippen LogP contribution is -2.66. The number of aliphatic hydroxyl groups excluding tert-OH is 2. The fourth-order valence-electron chi connectivity index (χ4n) is 7.47. The molecule has 4 rings (SSSR count). The maximum Gasteiger partial charge on any atom is 0.190 e. The van der Waals surface area contributed by atoms with E-state index in [1.165, 1.54) is 0 Å². The summed E-state index contributed by atoms with van der Waals surface area (Å²) in [5, 5.41) is 30.9. The van der Waals surface area contributed by atoms with Crippen LogP contribution in [0.25, 0.3) is 0 Å². The highest BCUT2D eigenvalue weighted by molar-refractivity contribution is 6.25. The molecule has 4 aliphatic rings. The largest absolute Gasteiger partial charge is 0.388 e. The van der Waals surface area contributed by atoms with Gasteiger partial charge in [-0.15, -0.1) is 11.6 Å². The lowest BCUT2D eigenvalue weighted by atomic mass is 9.43. The van der Waals surface area contributed by atoms with Crippen molar-refractivity contribution in [3.8, 4) is 0 Å². The summed E-state index contributed by atoms with van der Waals surface area (Å²) in [7, 11) is 0. The fourth-order valence-corrected chi connectivity index (χ4v) is 8.11. The molecule has 3 N–H and O–H groups in total. The van der Waals surface area contributed by atoms with Gasteiger partial charge < -0.3 is 15.3 Å². The predicted octanol–water partition coefficient (Wildman–Crippen LogP) is 2.39. The molecule has 5 nitrogen and oxygen atoms in total. The molecular formula is C22H31ClO5. The van der Waals surface area contributed by atoms with Crippen LogP contribution in [0.5, 0.6) is 0 Å². The molecular weight excluding hydrogens is 380 g/mol. The Balaban J connectivity index is 1.78. The van der Waals surface area contributed by atoms with Crippen LogP contribution < -0.4 is 0 Å². The minimum Gasteiger partial charge on any atom is -0.388 e. The minimum atomic E-state index is -1.51. The Bertz CT molecular complexity index is 764. The Kier molecular flexibility index (Phi) is 4.49. The molecule has 3 fully saturated rings. The van der Waals surface area contributed by atoms with Gasteiger partial charge in [0.15, 0.2) is 11.6 Å². The van der Waals surface area contributed by atoms with Gasteiger partial charge in [0.05, 0.1) is 4.87 Å². The third-order valence-corrected chi connectivity index (χ3v) is 10.3. The third kappa shape index (κ3) is 2.14. The SMILES string of the molecule is CC1C(=O)C(O)C=C2CC[C@H]3[C@@H]4CC[C@](O)(C(=O)CO)[C@@]4(C)CC[C@]3(Cl)[C@]21C. The van der Waals surface area contributed by atoms with Crippen molar-refractivity contribution >= 4 is 23.2 Å². The molecule has 2 unspecified atom stereocenters. The number of aliphatic hydroxyl groups is 3. The number of fused-ring (bicyclic) bond motifs is 5. The number of alkyl halides is 1. The first kappa shape index (κ1) is 20.5. The number of carbonyl (C=O) groups excluding carboxylic acids is 2. The number of halogens is 1. The second-order valence-electron chi connectivity index (χ2n) is 9.97. The quantitative estimate of drug-likeness (QED) is 0.480. The standard InChI is InChI=1S/C22H31ClO5/c1-12-18(27)16(25)10-13-4-5-15-14-6-7-22(28,17(26)11-24)19(14,2)8-9-21(15,23)20(12,13)3/h10,12,14-16,24-25,28H,4-9,11H2,1-3H3/t12?,14-,15-,16?,19-,20-,21+,22-/m0/s1. The molecule has 0 radical (unpaired) electrons. The number of ketones is 2. The second kappa shape index (κ2) is 6.13. The Hall–Kier alpha value is -0.750. The molecule has 156 valence electrons. The van der Waals surface area contributed by atoms with Crippen molar-refractivity contribution < 1.29 is 24.9 Å². The molecule has 0 bridgehead atoms. The first-order valence-electron chi connectivity index (χ1n) is 10.5. The lowest BCUT2D eigenvalue weighted by Gasteiger charge is -2.64. The van der Waals surface area contributed by atoms with Crippen LogP contribution in [0.2, 0.25) is 0 Å². The maximum absolute atomic E-state index is 12.7. The normalized spacial score (nSPS) is 53.1. The van der Waals surface area contributed by atoms with Gasteiger partial charge in [0.25, 0.3) is 0 Å². The van der Waals surface area contributed by atoms with Crippen molar-refractivity contribution in [2.24, 2.45) is 28.6 Å². The maximum atomic E-state index is 12.7. The Morgan fingerprint density at radius 1 is 1.21 bits per heavy atom. The average Bonchev–Trinajstić information content (AvgIpc) is 2.94. The van der Waals surface area contributed by atoms with Crippen LogP contribution in [0.4, 0.5) is 0 Å². The van der Waals surface area contributed by atoms with Crippen LogP contribution in [0.1, 0.15) is 59.3 Å². The zero-order valence-corrected chi connectivity index (χ0v) is 17.6. The molecule has 0 heterocycles. The number of carbonyl (C=O) groups is 2. The first-order chi connectivity index (χ1) is 13.0. The van der Waals surface area contributed by atoms with Gasteiger partial charge >= 0.3 is 0 Å². The predicted molar refractivity (Wildman–Crippen MR) is 105 cm³/mol. The summed E-state index contributed by atoms with van der Waals surface area (Å²) in [4.78, 5) is 24.5. The molecule has 28 heavy (non-hydrogen) atoms. The molecule has 0 spiro atoms. The summed E-state index contributed by atoms with van der Waals surface area (Å²) in [5.41, 5.74) is -1.60. The zero-order chi connectivity index (χ0) is 20.7. The van der Waals surface area contributed by atoms with E-state index in [1.807, 2.05) is 13.8 Å². The summed E-state index contributed by atoms with van der Waals surface area (Å²) >= 11 is 7.44.